The summed E-state index contributed by atoms with van der Waals surface area (Å²) < 4.78 is 5.89. The lowest BCUT2D eigenvalue weighted by atomic mass is 9.87. The number of nitro benzene ring substituents is 1. The van der Waals surface area contributed by atoms with E-state index in [2.05, 4.69) is 30.9 Å². The van der Waals surface area contributed by atoms with Crippen LogP contribution in [0.4, 0.5) is 11.4 Å². The van der Waals surface area contributed by atoms with Crippen molar-refractivity contribution in [2.24, 2.45) is 4.99 Å². The second-order valence-corrected chi connectivity index (χ2v) is 8.35. The quantitative estimate of drug-likeness (QED) is 0.243. The number of rotatable bonds is 6. The number of H-pyrrole nitrogens is 1. The van der Waals surface area contributed by atoms with Gasteiger partial charge in [-0.3, -0.25) is 25.0 Å². The minimum absolute atomic E-state index is 0.0964. The molecule has 0 amide bonds. The molecule has 176 valence electrons. The number of carbonyl (C=O) groups excluding carboxylic acids is 1. The number of esters is 1. The third kappa shape index (κ3) is 4.77. The first-order chi connectivity index (χ1) is 15.9. The van der Waals surface area contributed by atoms with E-state index >= 15 is 0 Å². The van der Waals surface area contributed by atoms with Crippen molar-refractivity contribution >= 4 is 29.5 Å². The average Bonchev–Trinajstić information content (AvgIpc) is 3.12. The van der Waals surface area contributed by atoms with Crippen LogP contribution in [-0.4, -0.2) is 45.1 Å². The first kappa shape index (κ1) is 24.1. The zero-order valence-electron chi connectivity index (χ0n) is 18.9. The molecule has 3 rings (SSSR count). The highest BCUT2D eigenvalue weighted by Gasteiger charge is 2.22. The van der Waals surface area contributed by atoms with Gasteiger partial charge in [0.2, 0.25) is 0 Å². The predicted octanol–water partition coefficient (Wildman–Crippen LogP) is 3.61. The van der Waals surface area contributed by atoms with Crippen LogP contribution in [0.25, 0.3) is 5.69 Å². The van der Waals surface area contributed by atoms with Crippen molar-refractivity contribution < 1.29 is 24.4 Å². The molecule has 0 bridgehead atoms. The SMILES string of the molecule is COC(=O)c1[nH]n(-c2ccc(C(C)(C)C)cc2)c(=O)c1C=Nc1ccc([N+](=O)[O-])cc1C(=O)O. The van der Waals surface area contributed by atoms with Crippen LogP contribution in [-0.2, 0) is 10.2 Å². The third-order valence-corrected chi connectivity index (χ3v) is 5.06. The van der Waals surface area contributed by atoms with Crippen LogP contribution in [0.5, 0.6) is 0 Å². The number of carbonyl (C=O) groups is 2. The summed E-state index contributed by atoms with van der Waals surface area (Å²) in [6.45, 7) is 6.16. The molecule has 0 aliphatic rings. The van der Waals surface area contributed by atoms with Crippen LogP contribution >= 0.6 is 0 Å². The lowest BCUT2D eigenvalue weighted by Crippen LogP contribution is -2.18. The number of nitro groups is 1. The molecule has 1 heterocycles. The Morgan fingerprint density at radius 3 is 2.35 bits per heavy atom. The summed E-state index contributed by atoms with van der Waals surface area (Å²) in [5, 5.41) is 23.1. The smallest absolute Gasteiger partial charge is 0.356 e. The number of nitrogens with one attached hydrogen (secondary N) is 1. The topological polar surface area (TPSA) is 157 Å². The summed E-state index contributed by atoms with van der Waals surface area (Å²) in [6.07, 6.45) is 1.03. The fourth-order valence-corrected chi connectivity index (χ4v) is 3.18. The maximum atomic E-state index is 13.1. The molecule has 0 atom stereocenters. The maximum Gasteiger partial charge on any atom is 0.356 e. The fourth-order valence-electron chi connectivity index (χ4n) is 3.18. The summed E-state index contributed by atoms with van der Waals surface area (Å²) in [5.41, 5.74) is -0.540. The van der Waals surface area contributed by atoms with Gasteiger partial charge < -0.3 is 9.84 Å². The van der Waals surface area contributed by atoms with Gasteiger partial charge in [-0.1, -0.05) is 32.9 Å². The molecule has 11 nitrogen and oxygen atoms in total. The Labute approximate surface area is 193 Å². The number of aliphatic imine (C=N–C) groups is 1. The molecule has 0 aliphatic heterocycles. The number of ether oxygens (including phenoxy) is 1. The molecular formula is C23H22N4O7. The first-order valence-corrected chi connectivity index (χ1v) is 10.0. The normalized spacial score (nSPS) is 11.5. The Kier molecular flexibility index (Phi) is 6.48. The van der Waals surface area contributed by atoms with Crippen LogP contribution in [0.1, 0.15) is 52.7 Å². The molecule has 2 aromatic carbocycles. The van der Waals surface area contributed by atoms with E-state index in [1.165, 1.54) is 0 Å². The highest BCUT2D eigenvalue weighted by molar-refractivity contribution is 6.00. The summed E-state index contributed by atoms with van der Waals surface area (Å²) >= 11 is 0. The van der Waals surface area contributed by atoms with Crippen LogP contribution in [0, 0.1) is 10.1 Å². The fraction of sp³-hybridized carbons (Fsp3) is 0.217. The number of methoxy groups -OCH3 is 1. The molecule has 34 heavy (non-hydrogen) atoms. The molecule has 0 fully saturated rings. The van der Waals surface area contributed by atoms with Crippen LogP contribution in [0.3, 0.4) is 0 Å². The predicted molar refractivity (Wildman–Crippen MR) is 124 cm³/mol. The van der Waals surface area contributed by atoms with Gasteiger partial charge in [0, 0.05) is 18.3 Å². The van der Waals surface area contributed by atoms with Crippen LogP contribution in [0.15, 0.2) is 52.3 Å². The van der Waals surface area contributed by atoms with E-state index in [1.807, 2.05) is 12.1 Å². The Morgan fingerprint density at radius 2 is 1.82 bits per heavy atom. The van der Waals surface area contributed by atoms with E-state index in [4.69, 9.17) is 4.74 Å². The van der Waals surface area contributed by atoms with Crippen molar-refractivity contribution in [2.75, 3.05) is 7.11 Å². The first-order valence-electron chi connectivity index (χ1n) is 10.0. The maximum absolute atomic E-state index is 13.1. The molecule has 2 N–H and O–H groups in total. The molecular weight excluding hydrogens is 444 g/mol. The number of benzene rings is 2. The standard InChI is InChI=1S/C23H22N4O7/c1-23(2,3)13-5-7-14(8-6-13)26-20(28)17(19(25-26)22(31)34-4)12-24-18-10-9-15(27(32)33)11-16(18)21(29)30/h5-12,25H,1-4H3,(H,29,30). The summed E-state index contributed by atoms with van der Waals surface area (Å²) in [5.74, 6) is -2.26. The van der Waals surface area contributed by atoms with Gasteiger partial charge in [-0.15, -0.1) is 0 Å². The Bertz CT molecular complexity index is 1360. The number of nitrogens with zero attached hydrogens (tertiary/aromatic N) is 3. The second-order valence-electron chi connectivity index (χ2n) is 8.35. The minimum atomic E-state index is -1.44. The van der Waals surface area contributed by atoms with Gasteiger partial charge in [0.25, 0.3) is 11.2 Å². The second kappa shape index (κ2) is 9.14. The Hall–Kier alpha value is -4.54. The van der Waals surface area contributed by atoms with Gasteiger partial charge in [-0.05, 0) is 29.2 Å². The van der Waals surface area contributed by atoms with E-state index in [-0.39, 0.29) is 22.4 Å². The van der Waals surface area contributed by atoms with Crippen molar-refractivity contribution in [1.29, 1.82) is 0 Å². The number of aromatic amines is 1. The number of carboxylic acid groups (broad SMARTS) is 1. The van der Waals surface area contributed by atoms with Gasteiger partial charge in [0.1, 0.15) is 0 Å². The average molecular weight is 466 g/mol. The number of hydrogen-bond donors (Lipinski definition) is 2. The molecule has 11 heteroatoms. The van der Waals surface area contributed by atoms with E-state index in [9.17, 15) is 29.6 Å². The van der Waals surface area contributed by atoms with Gasteiger partial charge >= 0.3 is 11.9 Å². The van der Waals surface area contributed by atoms with Crippen LogP contribution < -0.4 is 5.56 Å². The number of carboxylic acids is 1. The van der Waals surface area contributed by atoms with Gasteiger partial charge in [-0.2, -0.15) is 0 Å². The van der Waals surface area contributed by atoms with Crippen molar-refractivity contribution in [2.45, 2.75) is 26.2 Å². The highest BCUT2D eigenvalue weighted by Crippen LogP contribution is 2.25. The lowest BCUT2D eigenvalue weighted by molar-refractivity contribution is -0.384. The van der Waals surface area contributed by atoms with Crippen molar-refractivity contribution in [3.8, 4) is 5.69 Å². The van der Waals surface area contributed by atoms with E-state index < -0.39 is 33.7 Å². The van der Waals surface area contributed by atoms with Crippen molar-refractivity contribution in [3.05, 3.63) is 85.3 Å². The molecule has 0 spiro atoms. The number of aromatic nitrogens is 2. The highest BCUT2D eigenvalue weighted by atomic mass is 16.6. The van der Waals surface area contributed by atoms with Crippen LogP contribution in [0.2, 0.25) is 0 Å². The minimum Gasteiger partial charge on any atom is -0.478 e. The Morgan fingerprint density at radius 1 is 1.18 bits per heavy atom. The van der Waals surface area contributed by atoms with Gasteiger partial charge in [0.15, 0.2) is 5.69 Å². The van der Waals surface area contributed by atoms with E-state index in [0.717, 1.165) is 41.8 Å². The zero-order chi connectivity index (χ0) is 25.2. The summed E-state index contributed by atoms with van der Waals surface area (Å²) in [7, 11) is 1.15. The number of non-ortho nitro benzene ring substituents is 1. The number of aromatic carboxylic acids is 1. The zero-order valence-corrected chi connectivity index (χ0v) is 18.9. The van der Waals surface area contributed by atoms with Crippen molar-refractivity contribution in [3.63, 3.8) is 0 Å². The lowest BCUT2D eigenvalue weighted by Gasteiger charge is -2.19. The molecule has 0 aliphatic carbocycles. The molecule has 0 saturated heterocycles. The molecule has 0 saturated carbocycles. The molecule has 3 aromatic rings. The largest absolute Gasteiger partial charge is 0.478 e. The van der Waals surface area contributed by atoms with Crippen molar-refractivity contribution in [1.82, 2.24) is 9.78 Å². The molecule has 0 unspecified atom stereocenters. The van der Waals surface area contributed by atoms with E-state index in [1.54, 1.807) is 12.1 Å². The van der Waals surface area contributed by atoms with E-state index in [0.29, 0.717) is 5.69 Å². The monoisotopic (exact) mass is 466 g/mol. The summed E-state index contributed by atoms with van der Waals surface area (Å²) in [6, 6.07) is 10.3. The van der Waals surface area contributed by atoms with Gasteiger partial charge in [-0.25, -0.2) is 14.3 Å². The summed E-state index contributed by atoms with van der Waals surface area (Å²) in [4.78, 5) is 51.2. The van der Waals surface area contributed by atoms with Gasteiger partial charge in [0.05, 0.1) is 34.5 Å². The molecule has 0 radical (unpaired) electrons. The number of hydrogen-bond acceptors (Lipinski definition) is 7. The third-order valence-electron chi connectivity index (χ3n) is 5.06. The Balaban J connectivity index is 2.11. The molecule has 1 aromatic heterocycles.